The third-order valence-electron chi connectivity index (χ3n) is 2.68. The summed E-state index contributed by atoms with van der Waals surface area (Å²) in [4.78, 5) is 11.5. The number of carbonyl (C=O) groups excluding carboxylic acids is 1. The number of amides is 1. The fourth-order valence-electron chi connectivity index (χ4n) is 1.71. The van der Waals surface area contributed by atoms with Crippen molar-refractivity contribution in [3.8, 4) is 11.5 Å². The van der Waals surface area contributed by atoms with Gasteiger partial charge in [0.1, 0.15) is 11.5 Å². The second-order valence-corrected chi connectivity index (χ2v) is 4.76. The van der Waals surface area contributed by atoms with Gasteiger partial charge in [0.05, 0.1) is 5.02 Å². The molecule has 0 unspecified atom stereocenters. The fourth-order valence-corrected chi connectivity index (χ4v) is 1.89. The van der Waals surface area contributed by atoms with Crippen molar-refractivity contribution in [3.05, 3.63) is 53.6 Å². The molecule has 0 radical (unpaired) electrons. The van der Waals surface area contributed by atoms with Crippen molar-refractivity contribution in [2.45, 2.75) is 19.8 Å². The summed E-state index contributed by atoms with van der Waals surface area (Å²) >= 11 is 6.03. The lowest BCUT2D eigenvalue weighted by atomic mass is 10.2. The zero-order valence-corrected chi connectivity index (χ0v) is 12.0. The van der Waals surface area contributed by atoms with Gasteiger partial charge in [0.15, 0.2) is 0 Å². The lowest BCUT2D eigenvalue weighted by molar-refractivity contribution is -0.116. The summed E-state index contributed by atoms with van der Waals surface area (Å²) in [5.41, 5.74) is 0.759. The van der Waals surface area contributed by atoms with Crippen LogP contribution in [-0.4, -0.2) is 5.91 Å². The van der Waals surface area contributed by atoms with Crippen LogP contribution in [0.1, 0.15) is 19.8 Å². The number of hydrogen-bond acceptors (Lipinski definition) is 2. The normalized spacial score (nSPS) is 10.1. The van der Waals surface area contributed by atoms with E-state index >= 15 is 0 Å². The highest BCUT2D eigenvalue weighted by molar-refractivity contribution is 6.32. The van der Waals surface area contributed by atoms with Crippen LogP contribution >= 0.6 is 11.6 Å². The van der Waals surface area contributed by atoms with E-state index in [9.17, 15) is 4.79 Å². The van der Waals surface area contributed by atoms with Crippen molar-refractivity contribution < 1.29 is 9.53 Å². The first-order valence-corrected chi connectivity index (χ1v) is 6.89. The molecule has 0 aliphatic heterocycles. The lowest BCUT2D eigenvalue weighted by Crippen LogP contribution is -2.10. The summed E-state index contributed by atoms with van der Waals surface area (Å²) in [5, 5.41) is 3.39. The van der Waals surface area contributed by atoms with Crippen LogP contribution < -0.4 is 10.1 Å². The van der Waals surface area contributed by atoms with Gasteiger partial charge < -0.3 is 10.1 Å². The minimum Gasteiger partial charge on any atom is -0.456 e. The number of para-hydroxylation sites is 1. The standard InChI is InChI=1S/C16H16ClNO2/c1-2-5-16(19)18-12-8-10-13(11-9-12)20-15-7-4-3-6-14(15)17/h3-4,6-11H,2,5H2,1H3,(H,18,19). The quantitative estimate of drug-likeness (QED) is 0.852. The highest BCUT2D eigenvalue weighted by Gasteiger charge is 2.03. The molecule has 0 aliphatic rings. The molecular weight excluding hydrogens is 274 g/mol. The molecule has 4 heteroatoms. The molecule has 0 spiro atoms. The van der Waals surface area contributed by atoms with E-state index in [1.54, 1.807) is 36.4 Å². The van der Waals surface area contributed by atoms with Gasteiger partial charge in [0.25, 0.3) is 0 Å². The second kappa shape index (κ2) is 6.96. The third kappa shape index (κ3) is 4.00. The Morgan fingerprint density at radius 2 is 1.85 bits per heavy atom. The molecule has 0 aliphatic carbocycles. The molecule has 2 aromatic rings. The van der Waals surface area contributed by atoms with Crippen molar-refractivity contribution in [3.63, 3.8) is 0 Å². The first-order valence-electron chi connectivity index (χ1n) is 6.51. The largest absolute Gasteiger partial charge is 0.456 e. The Balaban J connectivity index is 2.02. The number of carbonyl (C=O) groups is 1. The van der Waals surface area contributed by atoms with E-state index in [1.807, 2.05) is 19.1 Å². The maximum absolute atomic E-state index is 11.5. The smallest absolute Gasteiger partial charge is 0.224 e. The minimum absolute atomic E-state index is 0.0206. The monoisotopic (exact) mass is 289 g/mol. The predicted octanol–water partition coefficient (Wildman–Crippen LogP) is 4.87. The molecule has 1 amide bonds. The van der Waals surface area contributed by atoms with Crippen LogP contribution in [0.25, 0.3) is 0 Å². The van der Waals surface area contributed by atoms with Crippen LogP contribution in [0.15, 0.2) is 48.5 Å². The van der Waals surface area contributed by atoms with Crippen LogP contribution in [-0.2, 0) is 4.79 Å². The van der Waals surface area contributed by atoms with E-state index in [0.717, 1.165) is 12.1 Å². The molecule has 104 valence electrons. The average molecular weight is 290 g/mol. The van der Waals surface area contributed by atoms with Gasteiger partial charge in [-0.1, -0.05) is 30.7 Å². The van der Waals surface area contributed by atoms with E-state index in [1.165, 1.54) is 0 Å². The summed E-state index contributed by atoms with van der Waals surface area (Å²) in [5.74, 6) is 1.30. The van der Waals surface area contributed by atoms with Crippen molar-refractivity contribution in [1.29, 1.82) is 0 Å². The number of ether oxygens (including phenoxy) is 1. The number of rotatable bonds is 5. The molecule has 20 heavy (non-hydrogen) atoms. The van der Waals surface area contributed by atoms with Crippen LogP contribution in [0.4, 0.5) is 5.69 Å². The number of hydrogen-bond donors (Lipinski definition) is 1. The van der Waals surface area contributed by atoms with Gasteiger partial charge in [-0.2, -0.15) is 0 Å². The summed E-state index contributed by atoms with van der Waals surface area (Å²) in [6.45, 7) is 1.97. The maximum Gasteiger partial charge on any atom is 0.224 e. The van der Waals surface area contributed by atoms with Gasteiger partial charge in [-0.15, -0.1) is 0 Å². The van der Waals surface area contributed by atoms with Gasteiger partial charge in [-0.05, 0) is 42.8 Å². The number of nitrogens with one attached hydrogen (secondary N) is 1. The summed E-state index contributed by atoms with van der Waals surface area (Å²) in [6.07, 6.45) is 1.36. The number of anilines is 1. The van der Waals surface area contributed by atoms with Crippen LogP contribution in [0.3, 0.4) is 0 Å². The summed E-state index contributed by atoms with van der Waals surface area (Å²) in [6, 6.07) is 14.5. The van der Waals surface area contributed by atoms with Crippen molar-refractivity contribution in [1.82, 2.24) is 0 Å². The van der Waals surface area contributed by atoms with Crippen LogP contribution in [0, 0.1) is 0 Å². The molecule has 2 aromatic carbocycles. The molecular formula is C16H16ClNO2. The van der Waals surface area contributed by atoms with E-state index in [4.69, 9.17) is 16.3 Å². The molecule has 2 rings (SSSR count). The molecule has 0 saturated carbocycles. The first kappa shape index (κ1) is 14.4. The van der Waals surface area contributed by atoms with E-state index in [2.05, 4.69) is 5.32 Å². The van der Waals surface area contributed by atoms with Gasteiger partial charge in [0.2, 0.25) is 5.91 Å². The van der Waals surface area contributed by atoms with Crippen LogP contribution in [0.2, 0.25) is 5.02 Å². The molecule has 0 heterocycles. The summed E-state index contributed by atoms with van der Waals surface area (Å²) < 4.78 is 5.67. The molecule has 1 N–H and O–H groups in total. The fraction of sp³-hybridized carbons (Fsp3) is 0.188. The predicted molar refractivity (Wildman–Crippen MR) is 81.5 cm³/mol. The van der Waals surface area contributed by atoms with Crippen molar-refractivity contribution >= 4 is 23.2 Å². The molecule has 0 aromatic heterocycles. The Morgan fingerprint density at radius 1 is 1.15 bits per heavy atom. The Kier molecular flexibility index (Phi) is 5.02. The maximum atomic E-state index is 11.5. The van der Waals surface area contributed by atoms with Crippen molar-refractivity contribution in [2.75, 3.05) is 5.32 Å². The second-order valence-electron chi connectivity index (χ2n) is 4.36. The topological polar surface area (TPSA) is 38.3 Å². The molecule has 0 atom stereocenters. The van der Waals surface area contributed by atoms with Gasteiger partial charge in [-0.3, -0.25) is 4.79 Å². The Morgan fingerprint density at radius 3 is 2.50 bits per heavy atom. The Hall–Kier alpha value is -2.00. The Bertz CT molecular complexity index is 581. The van der Waals surface area contributed by atoms with Gasteiger partial charge in [0, 0.05) is 12.1 Å². The average Bonchev–Trinajstić information content (AvgIpc) is 2.44. The zero-order valence-electron chi connectivity index (χ0n) is 11.2. The molecule has 3 nitrogen and oxygen atoms in total. The van der Waals surface area contributed by atoms with Crippen LogP contribution in [0.5, 0.6) is 11.5 Å². The highest BCUT2D eigenvalue weighted by Crippen LogP contribution is 2.29. The zero-order chi connectivity index (χ0) is 14.4. The summed E-state index contributed by atoms with van der Waals surface area (Å²) in [7, 11) is 0. The lowest BCUT2D eigenvalue weighted by Gasteiger charge is -2.08. The third-order valence-corrected chi connectivity index (χ3v) is 2.99. The van der Waals surface area contributed by atoms with E-state index in [0.29, 0.717) is 22.9 Å². The Labute approximate surface area is 123 Å². The molecule has 0 fully saturated rings. The number of benzene rings is 2. The molecule has 0 saturated heterocycles. The number of halogens is 1. The van der Waals surface area contributed by atoms with E-state index < -0.39 is 0 Å². The first-order chi connectivity index (χ1) is 9.69. The molecule has 0 bridgehead atoms. The van der Waals surface area contributed by atoms with Gasteiger partial charge in [-0.25, -0.2) is 0 Å². The van der Waals surface area contributed by atoms with E-state index in [-0.39, 0.29) is 5.91 Å². The minimum atomic E-state index is 0.0206. The van der Waals surface area contributed by atoms with Crippen molar-refractivity contribution in [2.24, 2.45) is 0 Å². The highest BCUT2D eigenvalue weighted by atomic mass is 35.5. The SMILES string of the molecule is CCCC(=O)Nc1ccc(Oc2ccccc2Cl)cc1. The van der Waals surface area contributed by atoms with Gasteiger partial charge >= 0.3 is 0 Å².